The predicted molar refractivity (Wildman–Crippen MR) is 92.5 cm³/mol. The number of carbonyl (C=O) groups is 1. The van der Waals surface area contributed by atoms with Gasteiger partial charge in [0.2, 0.25) is 0 Å². The first-order valence-corrected chi connectivity index (χ1v) is 7.53. The van der Waals surface area contributed by atoms with Gasteiger partial charge in [0, 0.05) is 10.1 Å². The third kappa shape index (κ3) is 4.28. The van der Waals surface area contributed by atoms with Crippen molar-refractivity contribution in [2.24, 2.45) is 0 Å². The molecule has 0 bridgehead atoms. The van der Waals surface area contributed by atoms with Crippen LogP contribution in [-0.4, -0.2) is 11.0 Å². The summed E-state index contributed by atoms with van der Waals surface area (Å²) in [4.78, 5) is 12.0. The van der Waals surface area contributed by atoms with Gasteiger partial charge in [-0.05, 0) is 52.5 Å². The fourth-order valence-electron chi connectivity index (χ4n) is 1.64. The largest absolute Gasteiger partial charge is 0.358 e. The summed E-state index contributed by atoms with van der Waals surface area (Å²) >= 11 is 7.26. The van der Waals surface area contributed by atoms with Crippen LogP contribution in [0.1, 0.15) is 15.9 Å². The average molecular weight is 396 g/mol. The number of carbonyl (C=O) groups excluding carboxylic acids is 1. The standard InChI is InChI=1S/C15H13IN2OS/c16-13-9-5-4-8-12(13)14(19)18-15(20)17-10-11-6-2-1-3-7-11/h1-9H,10H2,(H2,17,18,19,20). The van der Waals surface area contributed by atoms with E-state index in [0.717, 1.165) is 9.13 Å². The Morgan fingerprint density at radius 3 is 2.40 bits per heavy atom. The third-order valence-electron chi connectivity index (χ3n) is 2.64. The average Bonchev–Trinajstić information content (AvgIpc) is 2.46. The van der Waals surface area contributed by atoms with E-state index < -0.39 is 0 Å². The summed E-state index contributed by atoms with van der Waals surface area (Å²) in [7, 11) is 0. The third-order valence-corrected chi connectivity index (χ3v) is 3.83. The summed E-state index contributed by atoms with van der Waals surface area (Å²) in [6.45, 7) is 0.589. The highest BCUT2D eigenvalue weighted by Gasteiger charge is 2.10. The van der Waals surface area contributed by atoms with Crippen LogP contribution in [0.5, 0.6) is 0 Å². The molecule has 102 valence electrons. The molecule has 5 heteroatoms. The molecule has 0 radical (unpaired) electrons. The van der Waals surface area contributed by atoms with Crippen LogP contribution >= 0.6 is 34.8 Å². The van der Waals surface area contributed by atoms with Crippen LogP contribution < -0.4 is 10.6 Å². The summed E-state index contributed by atoms with van der Waals surface area (Å²) in [5.41, 5.74) is 1.73. The summed E-state index contributed by atoms with van der Waals surface area (Å²) in [6, 6.07) is 17.3. The fraction of sp³-hybridized carbons (Fsp3) is 0.0667. The van der Waals surface area contributed by atoms with E-state index >= 15 is 0 Å². The van der Waals surface area contributed by atoms with Gasteiger partial charge in [-0.1, -0.05) is 42.5 Å². The molecule has 2 aromatic carbocycles. The second kappa shape index (κ2) is 7.35. The highest BCUT2D eigenvalue weighted by atomic mass is 127. The maximum absolute atomic E-state index is 12.0. The Morgan fingerprint density at radius 1 is 1.05 bits per heavy atom. The SMILES string of the molecule is O=C(NC(=S)NCc1ccccc1)c1ccccc1I. The molecule has 20 heavy (non-hydrogen) atoms. The molecule has 0 aliphatic carbocycles. The van der Waals surface area contributed by atoms with Gasteiger partial charge in [0.15, 0.2) is 5.11 Å². The molecule has 0 unspecified atom stereocenters. The lowest BCUT2D eigenvalue weighted by Gasteiger charge is -2.10. The van der Waals surface area contributed by atoms with Crippen LogP contribution in [0.15, 0.2) is 54.6 Å². The van der Waals surface area contributed by atoms with Gasteiger partial charge in [-0.15, -0.1) is 0 Å². The first-order valence-electron chi connectivity index (χ1n) is 6.04. The van der Waals surface area contributed by atoms with Gasteiger partial charge in [0.05, 0.1) is 5.56 Å². The predicted octanol–water partition coefficient (Wildman–Crippen LogP) is 3.10. The van der Waals surface area contributed by atoms with E-state index in [1.54, 1.807) is 6.07 Å². The highest BCUT2D eigenvalue weighted by Crippen LogP contribution is 2.10. The van der Waals surface area contributed by atoms with Gasteiger partial charge in [0.1, 0.15) is 0 Å². The number of hydrogen-bond donors (Lipinski definition) is 2. The number of thiocarbonyl (C=S) groups is 1. The van der Waals surface area contributed by atoms with Gasteiger partial charge >= 0.3 is 0 Å². The Kier molecular flexibility index (Phi) is 5.49. The quantitative estimate of drug-likeness (QED) is 0.619. The van der Waals surface area contributed by atoms with Gasteiger partial charge in [-0.2, -0.15) is 0 Å². The lowest BCUT2D eigenvalue weighted by Crippen LogP contribution is -2.39. The van der Waals surface area contributed by atoms with E-state index in [9.17, 15) is 4.79 Å². The Labute approximate surface area is 136 Å². The Balaban J connectivity index is 1.89. The van der Waals surface area contributed by atoms with Gasteiger partial charge in [0.25, 0.3) is 5.91 Å². The van der Waals surface area contributed by atoms with Crippen LogP contribution in [0.3, 0.4) is 0 Å². The molecule has 2 rings (SSSR count). The molecule has 0 fully saturated rings. The Morgan fingerprint density at radius 2 is 1.70 bits per heavy atom. The normalized spacial score (nSPS) is 9.85. The van der Waals surface area contributed by atoms with Crippen molar-refractivity contribution in [3.63, 3.8) is 0 Å². The van der Waals surface area contributed by atoms with E-state index in [0.29, 0.717) is 17.2 Å². The molecule has 0 aromatic heterocycles. The van der Waals surface area contributed by atoms with Crippen LogP contribution in [0.25, 0.3) is 0 Å². The first-order chi connectivity index (χ1) is 9.66. The molecule has 0 aliphatic heterocycles. The van der Waals surface area contributed by atoms with Crippen molar-refractivity contribution in [1.82, 2.24) is 10.6 Å². The fourth-order valence-corrected chi connectivity index (χ4v) is 2.44. The van der Waals surface area contributed by atoms with E-state index in [2.05, 4.69) is 33.2 Å². The smallest absolute Gasteiger partial charge is 0.258 e. The molecular weight excluding hydrogens is 383 g/mol. The number of hydrogen-bond acceptors (Lipinski definition) is 2. The van der Waals surface area contributed by atoms with Crippen LogP contribution in [0, 0.1) is 3.57 Å². The van der Waals surface area contributed by atoms with Crippen molar-refractivity contribution < 1.29 is 4.79 Å². The molecule has 0 aliphatic rings. The van der Waals surface area contributed by atoms with Crippen molar-refractivity contribution in [3.05, 3.63) is 69.3 Å². The topological polar surface area (TPSA) is 41.1 Å². The monoisotopic (exact) mass is 396 g/mol. The van der Waals surface area contributed by atoms with Crippen LogP contribution in [0.2, 0.25) is 0 Å². The minimum Gasteiger partial charge on any atom is -0.358 e. The minimum atomic E-state index is -0.194. The summed E-state index contributed by atoms with van der Waals surface area (Å²) in [5, 5.41) is 6.03. The summed E-state index contributed by atoms with van der Waals surface area (Å²) < 4.78 is 0.897. The molecule has 0 atom stereocenters. The maximum atomic E-state index is 12.0. The number of rotatable bonds is 3. The molecule has 3 nitrogen and oxygen atoms in total. The van der Waals surface area contributed by atoms with Crippen molar-refractivity contribution in [1.29, 1.82) is 0 Å². The van der Waals surface area contributed by atoms with Gasteiger partial charge in [-0.25, -0.2) is 0 Å². The highest BCUT2D eigenvalue weighted by molar-refractivity contribution is 14.1. The number of nitrogens with one attached hydrogen (secondary N) is 2. The Bertz CT molecular complexity index is 616. The van der Waals surface area contributed by atoms with Crippen molar-refractivity contribution >= 4 is 45.8 Å². The first kappa shape index (κ1) is 14.9. The second-order valence-electron chi connectivity index (χ2n) is 4.10. The van der Waals surface area contributed by atoms with E-state index in [1.807, 2.05) is 48.5 Å². The molecule has 0 saturated carbocycles. The van der Waals surface area contributed by atoms with E-state index in [-0.39, 0.29) is 5.91 Å². The molecule has 0 spiro atoms. The second-order valence-corrected chi connectivity index (χ2v) is 5.67. The van der Waals surface area contributed by atoms with Crippen molar-refractivity contribution in [2.75, 3.05) is 0 Å². The maximum Gasteiger partial charge on any atom is 0.258 e. The van der Waals surface area contributed by atoms with E-state index in [4.69, 9.17) is 12.2 Å². The van der Waals surface area contributed by atoms with E-state index in [1.165, 1.54) is 0 Å². The lowest BCUT2D eigenvalue weighted by molar-refractivity contribution is 0.0976. The molecule has 0 heterocycles. The zero-order chi connectivity index (χ0) is 14.4. The number of halogens is 1. The molecule has 2 N–H and O–H groups in total. The zero-order valence-corrected chi connectivity index (χ0v) is 13.6. The molecule has 2 aromatic rings. The van der Waals surface area contributed by atoms with Gasteiger partial charge in [-0.3, -0.25) is 10.1 Å². The van der Waals surface area contributed by atoms with Crippen molar-refractivity contribution in [3.8, 4) is 0 Å². The zero-order valence-electron chi connectivity index (χ0n) is 10.6. The molecular formula is C15H13IN2OS. The lowest BCUT2D eigenvalue weighted by atomic mass is 10.2. The number of benzene rings is 2. The summed E-state index contributed by atoms with van der Waals surface area (Å²) in [6.07, 6.45) is 0. The minimum absolute atomic E-state index is 0.194. The van der Waals surface area contributed by atoms with Crippen LogP contribution in [0.4, 0.5) is 0 Å². The number of amides is 1. The van der Waals surface area contributed by atoms with Gasteiger partial charge < -0.3 is 5.32 Å². The Hall–Kier alpha value is -1.47. The van der Waals surface area contributed by atoms with Crippen LogP contribution in [-0.2, 0) is 6.54 Å². The van der Waals surface area contributed by atoms with Crippen molar-refractivity contribution in [2.45, 2.75) is 6.54 Å². The molecule has 1 amide bonds. The molecule has 0 saturated heterocycles. The summed E-state index contributed by atoms with van der Waals surface area (Å²) in [5.74, 6) is -0.194.